The smallest absolute Gasteiger partial charge is 0.333 e. The first-order valence-corrected chi connectivity index (χ1v) is 12.8. The summed E-state index contributed by atoms with van der Waals surface area (Å²) in [6.07, 6.45) is 0.830. The summed E-state index contributed by atoms with van der Waals surface area (Å²) >= 11 is 6.02. The summed E-state index contributed by atoms with van der Waals surface area (Å²) in [4.78, 5) is 17.4. The van der Waals surface area contributed by atoms with Crippen LogP contribution in [0, 0.1) is 5.82 Å². The largest absolute Gasteiger partial charge is 0.495 e. The summed E-state index contributed by atoms with van der Waals surface area (Å²) in [5.74, 6) is 0.572. The lowest BCUT2D eigenvalue weighted by Gasteiger charge is -2.36. The van der Waals surface area contributed by atoms with Crippen LogP contribution in [-0.4, -0.2) is 57.3 Å². The fourth-order valence-electron chi connectivity index (χ4n) is 4.38. The van der Waals surface area contributed by atoms with Crippen molar-refractivity contribution in [3.63, 3.8) is 0 Å². The zero-order chi connectivity index (χ0) is 26.0. The number of hydrazine groups is 1. The quantitative estimate of drug-likeness (QED) is 0.291. The molecule has 0 aliphatic carbocycles. The van der Waals surface area contributed by atoms with Gasteiger partial charge in [0.2, 0.25) is 0 Å². The van der Waals surface area contributed by atoms with Crippen molar-refractivity contribution >= 4 is 29.0 Å². The molecule has 7 nitrogen and oxygen atoms in total. The van der Waals surface area contributed by atoms with E-state index in [-0.39, 0.29) is 18.4 Å². The Bertz CT molecular complexity index is 1160. The maximum Gasteiger partial charge on any atom is 0.333 e. The Labute approximate surface area is 222 Å². The molecule has 0 atom stereocenters. The summed E-state index contributed by atoms with van der Waals surface area (Å²) in [7, 11) is 1.70. The highest BCUT2D eigenvalue weighted by Gasteiger charge is 2.19. The van der Waals surface area contributed by atoms with Crippen molar-refractivity contribution in [2.75, 3.05) is 56.3 Å². The molecule has 0 unspecified atom stereocenters. The highest BCUT2D eigenvalue weighted by atomic mass is 35.5. The van der Waals surface area contributed by atoms with Gasteiger partial charge in [0.05, 0.1) is 25.0 Å². The van der Waals surface area contributed by atoms with E-state index in [1.54, 1.807) is 54.6 Å². The van der Waals surface area contributed by atoms with E-state index in [0.717, 1.165) is 50.6 Å². The van der Waals surface area contributed by atoms with Crippen molar-refractivity contribution in [2.24, 2.45) is 0 Å². The number of carbonyl (C=O) groups is 1. The Morgan fingerprint density at radius 2 is 1.70 bits per heavy atom. The number of piperazine rings is 1. The van der Waals surface area contributed by atoms with Crippen LogP contribution in [0.2, 0.25) is 5.02 Å². The first kappa shape index (κ1) is 26.6. The van der Waals surface area contributed by atoms with Gasteiger partial charge in [-0.1, -0.05) is 41.9 Å². The fourth-order valence-corrected chi connectivity index (χ4v) is 4.51. The highest BCUT2D eigenvalue weighted by Crippen LogP contribution is 2.28. The maximum atomic E-state index is 14.3. The molecule has 1 aliphatic rings. The SMILES string of the molecule is COc1ccccc1N1CCN(CCCNC(=O)NN(Cc2ccccc2F)c2ccc(Cl)cc2)CC1. The zero-order valence-corrected chi connectivity index (χ0v) is 21.8. The lowest BCUT2D eigenvalue weighted by molar-refractivity contribution is 0.235. The summed E-state index contributed by atoms with van der Waals surface area (Å²) in [6.45, 7) is 5.39. The highest BCUT2D eigenvalue weighted by molar-refractivity contribution is 6.30. The average Bonchev–Trinajstić information content (AvgIpc) is 2.93. The Hall–Kier alpha value is -3.49. The van der Waals surface area contributed by atoms with Gasteiger partial charge < -0.3 is 15.0 Å². The van der Waals surface area contributed by atoms with E-state index in [4.69, 9.17) is 16.3 Å². The predicted molar refractivity (Wildman–Crippen MR) is 147 cm³/mol. The van der Waals surface area contributed by atoms with Crippen molar-refractivity contribution in [3.8, 4) is 5.75 Å². The topological polar surface area (TPSA) is 60.1 Å². The number of methoxy groups -OCH3 is 1. The van der Waals surface area contributed by atoms with Gasteiger partial charge in [-0.15, -0.1) is 0 Å². The van der Waals surface area contributed by atoms with Gasteiger partial charge in [0, 0.05) is 43.3 Å². The maximum absolute atomic E-state index is 14.3. The number of nitrogens with zero attached hydrogens (tertiary/aromatic N) is 3. The number of halogens is 2. The molecule has 0 radical (unpaired) electrons. The zero-order valence-electron chi connectivity index (χ0n) is 21.0. The molecule has 37 heavy (non-hydrogen) atoms. The lowest BCUT2D eigenvalue weighted by Crippen LogP contribution is -2.49. The lowest BCUT2D eigenvalue weighted by atomic mass is 10.2. The summed E-state index contributed by atoms with van der Waals surface area (Å²) in [5, 5.41) is 5.12. The average molecular weight is 526 g/mol. The van der Waals surface area contributed by atoms with Crippen LogP contribution in [0.1, 0.15) is 12.0 Å². The minimum absolute atomic E-state index is 0.179. The molecule has 3 aromatic carbocycles. The van der Waals surface area contributed by atoms with Gasteiger partial charge in [-0.2, -0.15) is 0 Å². The summed E-state index contributed by atoms with van der Waals surface area (Å²) in [5.41, 5.74) is 5.15. The van der Waals surface area contributed by atoms with Crippen LogP contribution in [0.4, 0.5) is 20.6 Å². The molecule has 1 fully saturated rings. The number of ether oxygens (including phenoxy) is 1. The molecular formula is C28H33ClFN5O2. The van der Waals surface area contributed by atoms with Crippen molar-refractivity contribution in [3.05, 3.63) is 89.2 Å². The van der Waals surface area contributed by atoms with E-state index in [9.17, 15) is 9.18 Å². The van der Waals surface area contributed by atoms with Gasteiger partial charge in [0.25, 0.3) is 0 Å². The van der Waals surface area contributed by atoms with Gasteiger partial charge in [-0.05, 0) is 55.4 Å². The number of amides is 2. The Morgan fingerprint density at radius 1 is 1.00 bits per heavy atom. The normalized spacial score (nSPS) is 13.8. The standard InChI is InChI=1S/C28H33ClFN5O2/c1-37-27-10-5-4-9-26(27)34-19-17-33(18-20-34)16-6-15-31-28(36)32-35(24-13-11-23(29)12-14-24)21-22-7-2-3-8-25(22)30/h2-5,7-14H,6,15-21H2,1H3,(H2,31,32,36). The van der Waals surface area contributed by atoms with Gasteiger partial charge in [-0.25, -0.2) is 14.6 Å². The number of urea groups is 1. The van der Waals surface area contributed by atoms with E-state index >= 15 is 0 Å². The summed E-state index contributed by atoms with van der Waals surface area (Å²) < 4.78 is 19.8. The summed E-state index contributed by atoms with van der Waals surface area (Å²) in [6, 6.07) is 21.3. The first-order chi connectivity index (χ1) is 18.0. The predicted octanol–water partition coefficient (Wildman–Crippen LogP) is 4.92. The van der Waals surface area contributed by atoms with E-state index in [1.807, 2.05) is 18.2 Å². The molecule has 0 bridgehead atoms. The van der Waals surface area contributed by atoms with Crippen LogP contribution in [-0.2, 0) is 6.54 Å². The number of para-hydroxylation sites is 2. The molecule has 4 rings (SSSR count). The third-order valence-corrected chi connectivity index (χ3v) is 6.65. The van der Waals surface area contributed by atoms with Crippen LogP contribution >= 0.6 is 11.6 Å². The third kappa shape index (κ3) is 7.50. The first-order valence-electron chi connectivity index (χ1n) is 12.4. The second-order valence-electron chi connectivity index (χ2n) is 8.88. The molecule has 1 saturated heterocycles. The molecule has 1 aliphatic heterocycles. The molecule has 3 aromatic rings. The van der Waals surface area contributed by atoms with Crippen LogP contribution in [0.5, 0.6) is 5.75 Å². The number of hydrogen-bond donors (Lipinski definition) is 2. The Balaban J connectivity index is 1.23. The van der Waals surface area contributed by atoms with Crippen molar-refractivity contribution in [1.82, 2.24) is 15.6 Å². The van der Waals surface area contributed by atoms with Gasteiger partial charge >= 0.3 is 6.03 Å². The molecular weight excluding hydrogens is 493 g/mol. The fraction of sp³-hybridized carbons (Fsp3) is 0.321. The van der Waals surface area contributed by atoms with E-state index < -0.39 is 0 Å². The molecule has 9 heteroatoms. The third-order valence-electron chi connectivity index (χ3n) is 6.40. The van der Waals surface area contributed by atoms with Gasteiger partial charge in [0.1, 0.15) is 11.6 Å². The van der Waals surface area contributed by atoms with Crippen molar-refractivity contribution in [1.29, 1.82) is 0 Å². The Morgan fingerprint density at radius 3 is 2.43 bits per heavy atom. The van der Waals surface area contributed by atoms with Crippen LogP contribution in [0.25, 0.3) is 0 Å². The number of benzene rings is 3. The molecule has 0 aromatic heterocycles. The molecule has 196 valence electrons. The van der Waals surface area contributed by atoms with E-state index in [0.29, 0.717) is 22.8 Å². The minimum atomic E-state index is -0.340. The monoisotopic (exact) mass is 525 g/mol. The number of nitrogens with one attached hydrogen (secondary N) is 2. The Kier molecular flexibility index (Phi) is 9.46. The molecule has 2 N–H and O–H groups in total. The number of anilines is 2. The van der Waals surface area contributed by atoms with Gasteiger partial charge in [0.15, 0.2) is 0 Å². The van der Waals surface area contributed by atoms with Crippen molar-refractivity contribution in [2.45, 2.75) is 13.0 Å². The minimum Gasteiger partial charge on any atom is -0.495 e. The second-order valence-corrected chi connectivity index (χ2v) is 9.31. The molecule has 0 saturated carbocycles. The van der Waals surface area contributed by atoms with Crippen molar-refractivity contribution < 1.29 is 13.9 Å². The molecule has 1 heterocycles. The van der Waals surface area contributed by atoms with Crippen LogP contribution < -0.4 is 25.4 Å². The molecule has 0 spiro atoms. The van der Waals surface area contributed by atoms with E-state index in [2.05, 4.69) is 26.6 Å². The van der Waals surface area contributed by atoms with Crippen LogP contribution in [0.3, 0.4) is 0 Å². The second kappa shape index (κ2) is 13.2. The number of carbonyl (C=O) groups excluding carboxylic acids is 1. The van der Waals surface area contributed by atoms with Crippen LogP contribution in [0.15, 0.2) is 72.8 Å². The van der Waals surface area contributed by atoms with E-state index in [1.165, 1.54) is 6.07 Å². The van der Waals surface area contributed by atoms with Gasteiger partial charge in [-0.3, -0.25) is 9.91 Å². The number of rotatable bonds is 10. The molecule has 2 amide bonds. The number of hydrogen-bond acceptors (Lipinski definition) is 5.